The van der Waals surface area contributed by atoms with Crippen molar-refractivity contribution in [2.24, 2.45) is 0 Å². The van der Waals surface area contributed by atoms with Crippen LogP contribution in [-0.2, 0) is 13.1 Å². The summed E-state index contributed by atoms with van der Waals surface area (Å²) in [5.74, 6) is 0.576. The van der Waals surface area contributed by atoms with Crippen LogP contribution in [0, 0.1) is 5.82 Å². The molecule has 1 heterocycles. The van der Waals surface area contributed by atoms with E-state index in [9.17, 15) is 4.39 Å². The molecule has 112 valence electrons. The van der Waals surface area contributed by atoms with Gasteiger partial charge in [-0.25, -0.2) is 4.39 Å². The molecule has 0 radical (unpaired) electrons. The number of rotatable bonds is 7. The van der Waals surface area contributed by atoms with Crippen LogP contribution in [-0.4, -0.2) is 17.7 Å². The normalized spacial score (nSPS) is 14.4. The Kier molecular flexibility index (Phi) is 4.20. The molecule has 0 aliphatic heterocycles. The van der Waals surface area contributed by atoms with Crippen molar-refractivity contribution in [3.63, 3.8) is 0 Å². The van der Waals surface area contributed by atoms with Crippen molar-refractivity contribution in [1.29, 1.82) is 0 Å². The number of aromatic nitrogens is 1. The summed E-state index contributed by atoms with van der Waals surface area (Å²) in [5, 5.41) is 7.48. The first-order valence-corrected chi connectivity index (χ1v) is 7.43. The molecule has 0 bridgehead atoms. The summed E-state index contributed by atoms with van der Waals surface area (Å²) in [7, 11) is 0. The summed E-state index contributed by atoms with van der Waals surface area (Å²) in [6.45, 7) is 4.16. The van der Waals surface area contributed by atoms with Gasteiger partial charge in [0.15, 0.2) is 5.76 Å². The monoisotopic (exact) mass is 289 g/mol. The minimum Gasteiger partial charge on any atom is -0.364 e. The zero-order valence-corrected chi connectivity index (χ0v) is 12.2. The Morgan fingerprint density at radius 1 is 1.38 bits per heavy atom. The minimum atomic E-state index is -0.224. The van der Waals surface area contributed by atoms with Gasteiger partial charge < -0.3 is 14.7 Å². The lowest BCUT2D eigenvalue weighted by atomic mass is 10.2. The molecule has 0 amide bonds. The van der Waals surface area contributed by atoms with Crippen LogP contribution in [0.5, 0.6) is 0 Å². The van der Waals surface area contributed by atoms with Crippen molar-refractivity contribution in [1.82, 2.24) is 10.5 Å². The molecule has 1 fully saturated rings. The van der Waals surface area contributed by atoms with Gasteiger partial charge in [0, 0.05) is 30.9 Å². The zero-order valence-electron chi connectivity index (χ0n) is 12.2. The van der Waals surface area contributed by atoms with Crippen molar-refractivity contribution in [2.45, 2.75) is 38.9 Å². The smallest absolute Gasteiger partial charge is 0.156 e. The molecule has 3 rings (SSSR count). The highest BCUT2D eigenvalue weighted by molar-refractivity contribution is 5.46. The molecule has 1 aromatic heterocycles. The van der Waals surface area contributed by atoms with E-state index in [2.05, 4.69) is 15.4 Å². The second-order valence-corrected chi connectivity index (χ2v) is 5.43. The maximum absolute atomic E-state index is 13.3. The number of anilines is 1. The van der Waals surface area contributed by atoms with Crippen LogP contribution >= 0.6 is 0 Å². The number of hydrogen-bond acceptors (Lipinski definition) is 4. The summed E-state index contributed by atoms with van der Waals surface area (Å²) in [6.07, 6.45) is 2.52. The SMILES string of the molecule is CCN(Cc1cc(CNC2CC2)no1)c1cccc(F)c1. The molecule has 1 N–H and O–H groups in total. The standard InChI is InChI=1S/C16H20FN3O/c1-2-20(15-5-3-4-12(17)8-15)11-16-9-14(19-21-16)10-18-13-6-7-13/h3-5,8-9,13,18H,2,6-7,10-11H2,1H3. The summed E-state index contributed by atoms with van der Waals surface area (Å²) >= 11 is 0. The molecule has 0 unspecified atom stereocenters. The third kappa shape index (κ3) is 3.82. The van der Waals surface area contributed by atoms with Gasteiger partial charge in [0.05, 0.1) is 12.2 Å². The Balaban J connectivity index is 1.63. The van der Waals surface area contributed by atoms with Crippen molar-refractivity contribution >= 4 is 5.69 Å². The first kappa shape index (κ1) is 14.1. The van der Waals surface area contributed by atoms with E-state index in [0.717, 1.165) is 30.2 Å². The largest absolute Gasteiger partial charge is 0.364 e. The van der Waals surface area contributed by atoms with Crippen LogP contribution in [0.15, 0.2) is 34.9 Å². The van der Waals surface area contributed by atoms with E-state index in [1.165, 1.54) is 25.0 Å². The molecule has 1 saturated carbocycles. The number of nitrogens with one attached hydrogen (secondary N) is 1. The summed E-state index contributed by atoms with van der Waals surface area (Å²) in [5.41, 5.74) is 1.78. The van der Waals surface area contributed by atoms with E-state index in [1.54, 1.807) is 6.07 Å². The van der Waals surface area contributed by atoms with Gasteiger partial charge in [0.2, 0.25) is 0 Å². The van der Waals surface area contributed by atoms with Crippen LogP contribution in [0.2, 0.25) is 0 Å². The Hall–Kier alpha value is -1.88. The van der Waals surface area contributed by atoms with Crippen LogP contribution in [0.4, 0.5) is 10.1 Å². The first-order chi connectivity index (χ1) is 10.2. The topological polar surface area (TPSA) is 41.3 Å². The van der Waals surface area contributed by atoms with Gasteiger partial charge >= 0.3 is 0 Å². The fraction of sp³-hybridized carbons (Fsp3) is 0.438. The molecule has 1 aliphatic rings. The van der Waals surface area contributed by atoms with Gasteiger partial charge in [-0.15, -0.1) is 0 Å². The van der Waals surface area contributed by atoms with Gasteiger partial charge in [-0.05, 0) is 38.0 Å². The van der Waals surface area contributed by atoms with Crippen LogP contribution < -0.4 is 10.2 Å². The molecule has 0 atom stereocenters. The molecule has 21 heavy (non-hydrogen) atoms. The van der Waals surface area contributed by atoms with E-state index in [-0.39, 0.29) is 5.82 Å². The van der Waals surface area contributed by atoms with Gasteiger partial charge in [-0.3, -0.25) is 0 Å². The lowest BCUT2D eigenvalue weighted by Gasteiger charge is -2.21. The average molecular weight is 289 g/mol. The van der Waals surface area contributed by atoms with Crippen molar-refractivity contribution < 1.29 is 8.91 Å². The summed E-state index contributed by atoms with van der Waals surface area (Å²) in [4.78, 5) is 2.06. The molecule has 1 aliphatic carbocycles. The molecule has 1 aromatic carbocycles. The molecule has 5 heteroatoms. The minimum absolute atomic E-state index is 0.224. The predicted molar refractivity (Wildman–Crippen MR) is 79.5 cm³/mol. The fourth-order valence-electron chi connectivity index (χ4n) is 2.30. The Morgan fingerprint density at radius 2 is 2.24 bits per heavy atom. The second-order valence-electron chi connectivity index (χ2n) is 5.43. The molecule has 0 saturated heterocycles. The lowest BCUT2D eigenvalue weighted by Crippen LogP contribution is -2.21. The van der Waals surface area contributed by atoms with Gasteiger partial charge in [0.1, 0.15) is 5.82 Å². The summed E-state index contributed by atoms with van der Waals surface area (Å²) < 4.78 is 18.7. The highest BCUT2D eigenvalue weighted by Crippen LogP contribution is 2.20. The summed E-state index contributed by atoms with van der Waals surface area (Å²) in [6, 6.07) is 9.24. The Labute approximate surface area is 123 Å². The van der Waals surface area contributed by atoms with Crippen LogP contribution in [0.25, 0.3) is 0 Å². The third-order valence-electron chi connectivity index (χ3n) is 3.66. The Bertz CT molecular complexity index is 595. The first-order valence-electron chi connectivity index (χ1n) is 7.43. The van der Waals surface area contributed by atoms with Crippen LogP contribution in [0.3, 0.4) is 0 Å². The van der Waals surface area contributed by atoms with Gasteiger partial charge in [0.25, 0.3) is 0 Å². The lowest BCUT2D eigenvalue weighted by molar-refractivity contribution is 0.373. The van der Waals surface area contributed by atoms with Gasteiger partial charge in [-0.1, -0.05) is 11.2 Å². The molecular formula is C16H20FN3O. The number of halogens is 1. The van der Waals surface area contributed by atoms with Crippen molar-refractivity contribution in [3.05, 3.63) is 47.6 Å². The van der Waals surface area contributed by atoms with E-state index >= 15 is 0 Å². The average Bonchev–Trinajstić information content (AvgIpc) is 3.21. The van der Waals surface area contributed by atoms with E-state index in [4.69, 9.17) is 4.52 Å². The number of benzene rings is 1. The van der Waals surface area contributed by atoms with Crippen molar-refractivity contribution in [3.8, 4) is 0 Å². The highest BCUT2D eigenvalue weighted by atomic mass is 19.1. The molecule has 2 aromatic rings. The van der Waals surface area contributed by atoms with E-state index in [1.807, 2.05) is 19.1 Å². The molecule has 4 nitrogen and oxygen atoms in total. The van der Waals surface area contributed by atoms with E-state index in [0.29, 0.717) is 12.6 Å². The van der Waals surface area contributed by atoms with Crippen LogP contribution in [0.1, 0.15) is 31.2 Å². The maximum Gasteiger partial charge on any atom is 0.156 e. The second kappa shape index (κ2) is 6.26. The molecule has 0 spiro atoms. The Morgan fingerprint density at radius 3 is 2.95 bits per heavy atom. The fourth-order valence-corrected chi connectivity index (χ4v) is 2.30. The third-order valence-corrected chi connectivity index (χ3v) is 3.66. The predicted octanol–water partition coefficient (Wildman–Crippen LogP) is 3.09. The van der Waals surface area contributed by atoms with E-state index < -0.39 is 0 Å². The van der Waals surface area contributed by atoms with Crippen molar-refractivity contribution in [2.75, 3.05) is 11.4 Å². The molecular weight excluding hydrogens is 269 g/mol. The number of nitrogens with zero attached hydrogens (tertiary/aromatic N) is 2. The highest BCUT2D eigenvalue weighted by Gasteiger charge is 2.20. The maximum atomic E-state index is 13.3. The quantitative estimate of drug-likeness (QED) is 0.850. The number of hydrogen-bond donors (Lipinski definition) is 1. The van der Waals surface area contributed by atoms with Gasteiger partial charge in [-0.2, -0.15) is 0 Å². The zero-order chi connectivity index (χ0) is 14.7.